The molecular weight excluding hydrogens is 222 g/mol. The number of fused-ring (bicyclic) bond motifs is 1. The fourth-order valence-corrected chi connectivity index (χ4v) is 2.67. The van der Waals surface area contributed by atoms with Crippen molar-refractivity contribution in [3.8, 4) is 5.75 Å². The normalized spacial score (nSPS) is 19.3. The minimum Gasteiger partial charge on any atom is -0.493 e. The third-order valence-corrected chi connectivity index (χ3v) is 3.84. The van der Waals surface area contributed by atoms with Crippen LogP contribution in [-0.4, -0.2) is 19.2 Å². The molecule has 2 heteroatoms. The Morgan fingerprint density at radius 2 is 2.17 bits per heavy atom. The summed E-state index contributed by atoms with van der Waals surface area (Å²) >= 11 is 0. The zero-order chi connectivity index (χ0) is 12.8. The molecule has 0 radical (unpaired) electrons. The van der Waals surface area contributed by atoms with Crippen LogP contribution in [0, 0.1) is 0 Å². The standard InChI is InChI=1S/C16H25NO/c1-3-11-17-14(4-2)10-9-13-12-18-16-8-6-5-7-15(13)16/h5-8,13-14,17H,3-4,9-12H2,1-2H3. The van der Waals surface area contributed by atoms with Crippen LogP contribution in [0.25, 0.3) is 0 Å². The fraction of sp³-hybridized carbons (Fsp3) is 0.625. The minimum atomic E-state index is 0.596. The van der Waals surface area contributed by atoms with Gasteiger partial charge in [-0.25, -0.2) is 0 Å². The lowest BCUT2D eigenvalue weighted by Gasteiger charge is -2.18. The molecule has 0 saturated carbocycles. The van der Waals surface area contributed by atoms with Crippen LogP contribution in [0.4, 0.5) is 0 Å². The monoisotopic (exact) mass is 247 g/mol. The fourth-order valence-electron chi connectivity index (χ4n) is 2.67. The van der Waals surface area contributed by atoms with E-state index in [-0.39, 0.29) is 0 Å². The second kappa shape index (κ2) is 6.79. The molecule has 1 N–H and O–H groups in total. The summed E-state index contributed by atoms with van der Waals surface area (Å²) in [6, 6.07) is 9.14. The summed E-state index contributed by atoms with van der Waals surface area (Å²) in [4.78, 5) is 0. The highest BCUT2D eigenvalue weighted by atomic mass is 16.5. The Kier molecular flexibility index (Phi) is 5.06. The lowest BCUT2D eigenvalue weighted by atomic mass is 9.93. The summed E-state index contributed by atoms with van der Waals surface area (Å²) in [5.74, 6) is 1.69. The van der Waals surface area contributed by atoms with E-state index in [2.05, 4.69) is 43.4 Å². The lowest BCUT2D eigenvalue weighted by molar-refractivity contribution is 0.316. The summed E-state index contributed by atoms with van der Waals surface area (Å²) in [6.45, 7) is 6.49. The number of hydrogen-bond acceptors (Lipinski definition) is 2. The molecule has 1 aliphatic heterocycles. The van der Waals surface area contributed by atoms with Crippen molar-refractivity contribution < 1.29 is 4.74 Å². The Morgan fingerprint density at radius 3 is 2.94 bits per heavy atom. The van der Waals surface area contributed by atoms with Gasteiger partial charge >= 0.3 is 0 Å². The predicted molar refractivity (Wildman–Crippen MR) is 76.3 cm³/mol. The van der Waals surface area contributed by atoms with Gasteiger partial charge in [0.15, 0.2) is 0 Å². The van der Waals surface area contributed by atoms with E-state index >= 15 is 0 Å². The second-order valence-electron chi connectivity index (χ2n) is 5.18. The van der Waals surface area contributed by atoms with E-state index in [0.29, 0.717) is 12.0 Å². The summed E-state index contributed by atoms with van der Waals surface area (Å²) in [5, 5.41) is 3.63. The largest absolute Gasteiger partial charge is 0.493 e. The van der Waals surface area contributed by atoms with Crippen LogP contribution in [0.1, 0.15) is 51.0 Å². The first-order valence-electron chi connectivity index (χ1n) is 7.30. The molecule has 1 heterocycles. The van der Waals surface area contributed by atoms with Gasteiger partial charge in [0.1, 0.15) is 5.75 Å². The first kappa shape index (κ1) is 13.4. The minimum absolute atomic E-state index is 0.596. The molecular formula is C16H25NO. The van der Waals surface area contributed by atoms with Crippen molar-refractivity contribution >= 4 is 0 Å². The Hall–Kier alpha value is -1.02. The molecule has 1 aliphatic rings. The highest BCUT2D eigenvalue weighted by Crippen LogP contribution is 2.36. The summed E-state index contributed by atoms with van der Waals surface area (Å²) in [7, 11) is 0. The zero-order valence-corrected chi connectivity index (χ0v) is 11.6. The van der Waals surface area contributed by atoms with E-state index in [9.17, 15) is 0 Å². The summed E-state index contributed by atoms with van der Waals surface area (Å²) in [6.07, 6.45) is 4.91. The average molecular weight is 247 g/mol. The van der Waals surface area contributed by atoms with Gasteiger partial charge in [0, 0.05) is 17.5 Å². The van der Waals surface area contributed by atoms with Crippen LogP contribution < -0.4 is 10.1 Å². The van der Waals surface area contributed by atoms with E-state index in [1.54, 1.807) is 0 Å². The number of para-hydroxylation sites is 1. The van der Waals surface area contributed by atoms with Crippen molar-refractivity contribution in [2.24, 2.45) is 0 Å². The van der Waals surface area contributed by atoms with Crippen LogP contribution in [-0.2, 0) is 0 Å². The lowest BCUT2D eigenvalue weighted by Crippen LogP contribution is -2.29. The third-order valence-electron chi connectivity index (χ3n) is 3.84. The molecule has 18 heavy (non-hydrogen) atoms. The molecule has 0 spiro atoms. The SMILES string of the molecule is CCCNC(CC)CCC1COc2ccccc21. The quantitative estimate of drug-likeness (QED) is 0.793. The molecule has 2 rings (SSSR count). The van der Waals surface area contributed by atoms with Crippen LogP contribution in [0.2, 0.25) is 0 Å². The number of hydrogen-bond donors (Lipinski definition) is 1. The van der Waals surface area contributed by atoms with Crippen molar-refractivity contribution in [3.63, 3.8) is 0 Å². The number of ether oxygens (including phenoxy) is 1. The van der Waals surface area contributed by atoms with Gasteiger partial charge in [-0.2, -0.15) is 0 Å². The highest BCUT2D eigenvalue weighted by molar-refractivity contribution is 5.39. The smallest absolute Gasteiger partial charge is 0.122 e. The molecule has 1 aromatic rings. The number of nitrogens with one attached hydrogen (secondary N) is 1. The second-order valence-corrected chi connectivity index (χ2v) is 5.18. The van der Waals surface area contributed by atoms with E-state index < -0.39 is 0 Å². The van der Waals surface area contributed by atoms with Gasteiger partial charge in [-0.15, -0.1) is 0 Å². The van der Waals surface area contributed by atoms with Crippen LogP contribution in [0.15, 0.2) is 24.3 Å². The molecule has 0 saturated heterocycles. The Labute approximate surface area is 111 Å². The van der Waals surface area contributed by atoms with Gasteiger partial charge in [-0.05, 0) is 38.3 Å². The van der Waals surface area contributed by atoms with E-state index in [4.69, 9.17) is 4.74 Å². The van der Waals surface area contributed by atoms with Crippen LogP contribution in [0.3, 0.4) is 0 Å². The molecule has 0 amide bonds. The van der Waals surface area contributed by atoms with E-state index in [1.807, 2.05) is 0 Å². The Balaban J connectivity index is 1.84. The first-order chi connectivity index (χ1) is 8.85. The van der Waals surface area contributed by atoms with Crippen molar-refractivity contribution in [1.29, 1.82) is 0 Å². The molecule has 2 atom stereocenters. The van der Waals surface area contributed by atoms with Crippen molar-refractivity contribution in [3.05, 3.63) is 29.8 Å². The van der Waals surface area contributed by atoms with Crippen molar-refractivity contribution in [1.82, 2.24) is 5.32 Å². The summed E-state index contributed by atoms with van der Waals surface area (Å²) in [5.41, 5.74) is 1.41. The Morgan fingerprint density at radius 1 is 1.33 bits per heavy atom. The number of benzene rings is 1. The Bertz CT molecular complexity index is 364. The van der Waals surface area contributed by atoms with Gasteiger partial charge < -0.3 is 10.1 Å². The zero-order valence-electron chi connectivity index (χ0n) is 11.6. The first-order valence-corrected chi connectivity index (χ1v) is 7.30. The van der Waals surface area contributed by atoms with Gasteiger partial charge in [0.2, 0.25) is 0 Å². The van der Waals surface area contributed by atoms with Gasteiger partial charge in [0.05, 0.1) is 6.61 Å². The molecule has 1 aromatic carbocycles. The van der Waals surface area contributed by atoms with Gasteiger partial charge in [-0.3, -0.25) is 0 Å². The van der Waals surface area contributed by atoms with Crippen LogP contribution >= 0.6 is 0 Å². The molecule has 0 aromatic heterocycles. The van der Waals surface area contributed by atoms with E-state index in [1.165, 1.54) is 31.2 Å². The third kappa shape index (κ3) is 3.26. The maximum atomic E-state index is 5.74. The van der Waals surface area contributed by atoms with Gasteiger partial charge in [-0.1, -0.05) is 32.0 Å². The highest BCUT2D eigenvalue weighted by Gasteiger charge is 2.23. The maximum absolute atomic E-state index is 5.74. The van der Waals surface area contributed by atoms with Gasteiger partial charge in [0.25, 0.3) is 0 Å². The predicted octanol–water partition coefficient (Wildman–Crippen LogP) is 3.72. The van der Waals surface area contributed by atoms with Crippen LogP contribution in [0.5, 0.6) is 5.75 Å². The molecule has 100 valence electrons. The number of rotatable bonds is 7. The summed E-state index contributed by atoms with van der Waals surface area (Å²) < 4.78 is 5.74. The molecule has 0 aliphatic carbocycles. The van der Waals surface area contributed by atoms with Crippen molar-refractivity contribution in [2.75, 3.05) is 13.2 Å². The molecule has 2 unspecified atom stereocenters. The van der Waals surface area contributed by atoms with E-state index in [0.717, 1.165) is 18.9 Å². The maximum Gasteiger partial charge on any atom is 0.122 e. The topological polar surface area (TPSA) is 21.3 Å². The molecule has 2 nitrogen and oxygen atoms in total. The molecule has 0 bridgehead atoms. The molecule has 0 fully saturated rings. The van der Waals surface area contributed by atoms with Crippen molar-refractivity contribution in [2.45, 2.75) is 51.5 Å². The average Bonchev–Trinajstić information content (AvgIpc) is 2.82.